The van der Waals surface area contributed by atoms with Crippen molar-refractivity contribution >= 4 is 17.6 Å². The van der Waals surface area contributed by atoms with Gasteiger partial charge in [0.25, 0.3) is 0 Å². The number of hydrogen-bond donors (Lipinski definition) is 1. The van der Waals surface area contributed by atoms with E-state index in [2.05, 4.69) is 11.8 Å². The van der Waals surface area contributed by atoms with Gasteiger partial charge in [-0.15, -0.1) is 0 Å². The first-order valence-corrected chi connectivity index (χ1v) is 16.5. The predicted octanol–water partition coefficient (Wildman–Crippen LogP) is 7.61. The number of anilines is 1. The first-order chi connectivity index (χ1) is 22.3. The van der Waals surface area contributed by atoms with Crippen molar-refractivity contribution in [2.75, 3.05) is 18.1 Å². The molecule has 2 aromatic heterocycles. The highest BCUT2D eigenvalue weighted by Gasteiger charge is 2.41. The van der Waals surface area contributed by atoms with Gasteiger partial charge in [-0.25, -0.2) is 14.4 Å². The van der Waals surface area contributed by atoms with Gasteiger partial charge in [0, 0.05) is 54.2 Å². The lowest BCUT2D eigenvalue weighted by atomic mass is 9.91. The van der Waals surface area contributed by atoms with Gasteiger partial charge in [0.15, 0.2) is 0 Å². The second-order valence-electron chi connectivity index (χ2n) is 14.1. The highest BCUT2D eigenvalue weighted by atomic mass is 19.1. The molecule has 47 heavy (non-hydrogen) atoms. The average Bonchev–Trinajstić information content (AvgIpc) is 3.40. The Hall–Kier alpha value is -4.02. The van der Waals surface area contributed by atoms with Crippen LogP contribution < -0.4 is 9.64 Å². The van der Waals surface area contributed by atoms with Crippen molar-refractivity contribution in [3.63, 3.8) is 0 Å². The summed E-state index contributed by atoms with van der Waals surface area (Å²) in [7, 11) is 0. The maximum atomic E-state index is 14.5. The first kappa shape index (κ1) is 32.9. The summed E-state index contributed by atoms with van der Waals surface area (Å²) in [5.41, 5.74) is 3.53. The summed E-state index contributed by atoms with van der Waals surface area (Å²) in [6.45, 7) is 13.3. The maximum Gasteiger partial charge on any atom is 0.308 e. The maximum absolute atomic E-state index is 14.5. The van der Waals surface area contributed by atoms with Gasteiger partial charge in [-0.2, -0.15) is 0 Å². The molecule has 3 aliphatic heterocycles. The van der Waals surface area contributed by atoms with Crippen LogP contribution in [0.2, 0.25) is 0 Å². The van der Waals surface area contributed by atoms with Crippen molar-refractivity contribution in [1.29, 1.82) is 0 Å². The molecular weight excluding hydrogens is 599 g/mol. The summed E-state index contributed by atoms with van der Waals surface area (Å²) in [4.78, 5) is 24.1. The molecular formula is C37H45FN4O5. The molecule has 2 aromatic carbocycles. The Bertz CT molecular complexity index is 1780. The highest BCUT2D eigenvalue weighted by Crippen LogP contribution is 2.39. The van der Waals surface area contributed by atoms with E-state index in [1.807, 2.05) is 69.5 Å². The van der Waals surface area contributed by atoms with Crippen LogP contribution in [-0.4, -0.2) is 62.1 Å². The second-order valence-corrected chi connectivity index (χ2v) is 14.1. The summed E-state index contributed by atoms with van der Waals surface area (Å²) >= 11 is 0. The molecule has 3 unspecified atom stereocenters. The summed E-state index contributed by atoms with van der Waals surface area (Å²) in [5.74, 6) is 0.398. The molecule has 5 heterocycles. The molecule has 1 saturated heterocycles. The summed E-state index contributed by atoms with van der Waals surface area (Å²) < 4.78 is 36.0. The van der Waals surface area contributed by atoms with Crippen molar-refractivity contribution in [1.82, 2.24) is 14.4 Å². The van der Waals surface area contributed by atoms with Crippen LogP contribution in [0.3, 0.4) is 0 Å². The van der Waals surface area contributed by atoms with E-state index in [1.54, 1.807) is 6.07 Å². The number of rotatable bonds is 3. The lowest BCUT2D eigenvalue weighted by Crippen LogP contribution is -2.54. The van der Waals surface area contributed by atoms with Crippen LogP contribution in [0.4, 0.5) is 10.2 Å². The normalized spacial score (nSPS) is 22.2. The molecule has 6 bridgehead atoms. The van der Waals surface area contributed by atoms with Crippen LogP contribution in [0.5, 0.6) is 5.75 Å². The summed E-state index contributed by atoms with van der Waals surface area (Å²) in [5, 5.41) is 9.99. The third-order valence-electron chi connectivity index (χ3n) is 9.01. The Kier molecular flexibility index (Phi) is 9.02. The van der Waals surface area contributed by atoms with Crippen LogP contribution in [-0.2, 0) is 20.7 Å². The third-order valence-corrected chi connectivity index (χ3v) is 9.01. The number of carboxylic acid groups (broad SMARTS) is 1. The van der Waals surface area contributed by atoms with E-state index >= 15 is 0 Å². The number of aromatic nitrogens is 3. The SMILES string of the molecule is Cc1nc2nc3cn2c(c1CC(=O)O)N1CCC(C)(CC1OC(C)(C)C)OCCCCC(C)Oc1cc(F)ccc1-c1cccc-3c1. The van der Waals surface area contributed by atoms with E-state index in [4.69, 9.17) is 24.2 Å². The predicted molar refractivity (Wildman–Crippen MR) is 179 cm³/mol. The zero-order valence-corrected chi connectivity index (χ0v) is 28.2. The lowest BCUT2D eigenvalue weighted by Gasteiger charge is -2.47. The fourth-order valence-electron chi connectivity index (χ4n) is 6.71. The zero-order valence-electron chi connectivity index (χ0n) is 28.2. The molecule has 1 N–H and O–H groups in total. The number of benzene rings is 2. The van der Waals surface area contributed by atoms with Crippen molar-refractivity contribution < 1.29 is 28.5 Å². The molecule has 0 spiro atoms. The van der Waals surface area contributed by atoms with Crippen molar-refractivity contribution in [3.8, 4) is 28.1 Å². The van der Waals surface area contributed by atoms with Crippen LogP contribution in [0.25, 0.3) is 28.2 Å². The van der Waals surface area contributed by atoms with Gasteiger partial charge in [-0.1, -0.05) is 18.2 Å². The number of hydrogen-bond acceptors (Lipinski definition) is 7. The molecule has 7 rings (SSSR count). The van der Waals surface area contributed by atoms with E-state index < -0.39 is 17.2 Å². The van der Waals surface area contributed by atoms with Crippen LogP contribution in [0.1, 0.15) is 78.0 Å². The van der Waals surface area contributed by atoms with Crippen LogP contribution in [0, 0.1) is 12.7 Å². The van der Waals surface area contributed by atoms with E-state index in [9.17, 15) is 14.3 Å². The number of piperidine rings is 1. The van der Waals surface area contributed by atoms with Crippen molar-refractivity contribution in [2.24, 2.45) is 0 Å². The first-order valence-electron chi connectivity index (χ1n) is 16.5. The molecule has 1 fully saturated rings. The molecule has 4 aromatic rings. The molecule has 250 valence electrons. The number of aryl methyl sites for hydroxylation is 1. The Morgan fingerprint density at radius 2 is 1.94 bits per heavy atom. The van der Waals surface area contributed by atoms with Crippen LogP contribution in [0.15, 0.2) is 48.7 Å². The minimum absolute atomic E-state index is 0.112. The third kappa shape index (κ3) is 7.28. The molecule has 0 saturated carbocycles. The topological polar surface area (TPSA) is 98.4 Å². The van der Waals surface area contributed by atoms with Gasteiger partial charge in [-0.05, 0) is 91.0 Å². The van der Waals surface area contributed by atoms with Gasteiger partial charge in [0.1, 0.15) is 23.6 Å². The standard InChI is InChI=1S/C37H45FN4O5/c1-23-10-7-8-17-45-37(6)15-16-41(32(21-37)47-36(3,4)5)34-29(20-33(43)44)24(2)39-35-40-30(22-42(34)35)26-12-9-11-25(18-26)28-14-13-27(38)19-31(28)46-23/h9,11-14,18-19,22-23,32H,7-8,10,15-17,20-21H2,1-6H3,(H,43,44). The minimum atomic E-state index is -0.935. The lowest BCUT2D eigenvalue weighted by molar-refractivity contribution is -0.136. The molecule has 9 nitrogen and oxygen atoms in total. The molecule has 10 heteroatoms. The van der Waals surface area contributed by atoms with Gasteiger partial charge in [0.05, 0.1) is 29.4 Å². The number of nitrogens with zero attached hydrogens (tertiary/aromatic N) is 4. The largest absolute Gasteiger partial charge is 0.490 e. The minimum Gasteiger partial charge on any atom is -0.490 e. The van der Waals surface area contributed by atoms with E-state index in [1.165, 1.54) is 12.1 Å². The monoisotopic (exact) mass is 644 g/mol. The average molecular weight is 645 g/mol. The van der Waals surface area contributed by atoms with E-state index in [-0.39, 0.29) is 24.6 Å². The smallest absolute Gasteiger partial charge is 0.308 e. The summed E-state index contributed by atoms with van der Waals surface area (Å²) in [6.07, 6.45) is 5.14. The number of carbonyl (C=O) groups is 1. The quantitative estimate of drug-likeness (QED) is 0.244. The number of carboxylic acids is 1. The zero-order chi connectivity index (χ0) is 33.5. The van der Waals surface area contributed by atoms with Crippen LogP contribution >= 0.6 is 0 Å². The summed E-state index contributed by atoms with van der Waals surface area (Å²) in [6, 6.07) is 12.6. The van der Waals surface area contributed by atoms with Gasteiger partial charge in [-0.3, -0.25) is 9.20 Å². The number of imidazole rings is 1. The highest BCUT2D eigenvalue weighted by molar-refractivity contribution is 5.77. The van der Waals surface area contributed by atoms with Crippen molar-refractivity contribution in [2.45, 2.75) is 104 Å². The molecule has 0 radical (unpaired) electrons. The van der Waals surface area contributed by atoms with Gasteiger partial charge < -0.3 is 24.2 Å². The number of halogens is 1. The Morgan fingerprint density at radius 3 is 2.70 bits per heavy atom. The molecule has 0 amide bonds. The molecule has 3 aliphatic rings. The molecule has 0 aliphatic carbocycles. The number of fused-ring (bicyclic) bond motifs is 8. The number of ether oxygens (including phenoxy) is 3. The fourth-order valence-corrected chi connectivity index (χ4v) is 6.71. The Morgan fingerprint density at radius 1 is 1.15 bits per heavy atom. The fraction of sp³-hybridized carbons (Fsp3) is 0.486. The van der Waals surface area contributed by atoms with Gasteiger partial charge in [0.2, 0.25) is 5.78 Å². The van der Waals surface area contributed by atoms with E-state index in [0.29, 0.717) is 48.1 Å². The van der Waals surface area contributed by atoms with Crippen molar-refractivity contribution in [3.05, 3.63) is 65.7 Å². The Labute approximate surface area is 275 Å². The number of aliphatic carboxylic acids is 1. The Balaban J connectivity index is 1.54. The second kappa shape index (κ2) is 12.9. The molecule has 3 atom stereocenters. The van der Waals surface area contributed by atoms with Gasteiger partial charge >= 0.3 is 5.97 Å². The van der Waals surface area contributed by atoms with E-state index in [0.717, 1.165) is 48.2 Å².